The summed E-state index contributed by atoms with van der Waals surface area (Å²) in [5.41, 5.74) is -0.466. The smallest absolute Gasteiger partial charge is 0.0798 e. The van der Waals surface area contributed by atoms with E-state index in [-0.39, 0.29) is 0 Å². The van der Waals surface area contributed by atoms with Gasteiger partial charge in [-0.15, -0.1) is 0 Å². The molecule has 0 radical (unpaired) electrons. The number of likely N-dealkylation sites (N-methyl/N-ethyl adjacent to an activating group) is 1. The number of nitrogens with one attached hydrogen (secondary N) is 1. The molecule has 17 heavy (non-hydrogen) atoms. The average molecular weight is 243 g/mol. The SMILES string of the molecule is CCCN(CCN(C)C)CC1(O)CCNCC1. The number of nitrogens with zero attached hydrogens (tertiary/aromatic N) is 2. The Balaban J connectivity index is 2.40. The van der Waals surface area contributed by atoms with Gasteiger partial charge in [0.05, 0.1) is 5.60 Å². The van der Waals surface area contributed by atoms with Crippen molar-refractivity contribution in [3.05, 3.63) is 0 Å². The fourth-order valence-electron chi connectivity index (χ4n) is 2.39. The van der Waals surface area contributed by atoms with Crippen LogP contribution in [0.1, 0.15) is 26.2 Å². The monoisotopic (exact) mass is 243 g/mol. The van der Waals surface area contributed by atoms with Crippen LogP contribution in [0.5, 0.6) is 0 Å². The highest BCUT2D eigenvalue weighted by Crippen LogP contribution is 2.19. The predicted molar refractivity (Wildman–Crippen MR) is 72.3 cm³/mol. The van der Waals surface area contributed by atoms with E-state index in [1.165, 1.54) is 0 Å². The van der Waals surface area contributed by atoms with E-state index in [1.807, 2.05) is 0 Å². The van der Waals surface area contributed by atoms with E-state index in [0.717, 1.165) is 58.5 Å². The Labute approximate surface area is 106 Å². The first kappa shape index (κ1) is 14.9. The third-order valence-corrected chi connectivity index (χ3v) is 3.46. The summed E-state index contributed by atoms with van der Waals surface area (Å²) >= 11 is 0. The fourth-order valence-corrected chi connectivity index (χ4v) is 2.39. The average Bonchev–Trinajstić information content (AvgIpc) is 2.27. The largest absolute Gasteiger partial charge is 0.388 e. The van der Waals surface area contributed by atoms with Gasteiger partial charge in [-0.3, -0.25) is 4.90 Å². The molecular weight excluding hydrogens is 214 g/mol. The van der Waals surface area contributed by atoms with Crippen LogP contribution in [0.2, 0.25) is 0 Å². The summed E-state index contributed by atoms with van der Waals surface area (Å²) in [6.45, 7) is 8.13. The molecule has 0 aromatic rings. The Morgan fingerprint density at radius 3 is 2.29 bits per heavy atom. The molecule has 0 aliphatic carbocycles. The van der Waals surface area contributed by atoms with Crippen molar-refractivity contribution in [2.24, 2.45) is 0 Å². The van der Waals surface area contributed by atoms with Crippen molar-refractivity contribution in [2.45, 2.75) is 31.8 Å². The first-order valence-electron chi connectivity index (χ1n) is 6.86. The Bertz CT molecular complexity index is 203. The summed E-state index contributed by atoms with van der Waals surface area (Å²) in [6, 6.07) is 0. The summed E-state index contributed by atoms with van der Waals surface area (Å²) in [7, 11) is 4.20. The minimum absolute atomic E-state index is 0.466. The molecule has 0 atom stereocenters. The van der Waals surface area contributed by atoms with Crippen LogP contribution in [0, 0.1) is 0 Å². The van der Waals surface area contributed by atoms with Gasteiger partial charge in [0.15, 0.2) is 0 Å². The van der Waals surface area contributed by atoms with Gasteiger partial charge in [-0.25, -0.2) is 0 Å². The zero-order valence-electron chi connectivity index (χ0n) is 11.7. The van der Waals surface area contributed by atoms with Crippen LogP contribution in [0.3, 0.4) is 0 Å². The molecule has 4 heteroatoms. The highest BCUT2D eigenvalue weighted by molar-refractivity contribution is 4.87. The molecule has 4 nitrogen and oxygen atoms in total. The number of piperidine rings is 1. The lowest BCUT2D eigenvalue weighted by Gasteiger charge is -2.37. The zero-order valence-corrected chi connectivity index (χ0v) is 11.7. The van der Waals surface area contributed by atoms with Crippen molar-refractivity contribution < 1.29 is 5.11 Å². The molecule has 0 spiro atoms. The number of hydrogen-bond acceptors (Lipinski definition) is 4. The molecule has 0 saturated carbocycles. The van der Waals surface area contributed by atoms with Crippen molar-refractivity contribution in [1.82, 2.24) is 15.1 Å². The molecule has 2 N–H and O–H groups in total. The van der Waals surface area contributed by atoms with Crippen molar-refractivity contribution in [3.8, 4) is 0 Å². The van der Waals surface area contributed by atoms with Crippen molar-refractivity contribution in [1.29, 1.82) is 0 Å². The van der Waals surface area contributed by atoms with Crippen molar-refractivity contribution >= 4 is 0 Å². The van der Waals surface area contributed by atoms with E-state index in [0.29, 0.717) is 0 Å². The molecule has 0 unspecified atom stereocenters. The van der Waals surface area contributed by atoms with E-state index in [9.17, 15) is 5.11 Å². The highest BCUT2D eigenvalue weighted by atomic mass is 16.3. The Kier molecular flexibility index (Phi) is 6.41. The molecule has 1 heterocycles. The third kappa shape index (κ3) is 5.82. The van der Waals surface area contributed by atoms with Gasteiger partial charge in [0.1, 0.15) is 0 Å². The van der Waals surface area contributed by atoms with Crippen LogP contribution in [-0.2, 0) is 0 Å². The quantitative estimate of drug-likeness (QED) is 0.678. The summed E-state index contributed by atoms with van der Waals surface area (Å²) in [6.07, 6.45) is 2.92. The van der Waals surface area contributed by atoms with Crippen LogP contribution < -0.4 is 5.32 Å². The van der Waals surface area contributed by atoms with Crippen LogP contribution in [0.25, 0.3) is 0 Å². The molecule has 102 valence electrons. The normalized spacial score (nSPS) is 20.1. The lowest BCUT2D eigenvalue weighted by atomic mass is 9.92. The van der Waals surface area contributed by atoms with E-state index in [2.05, 4.69) is 36.1 Å². The Morgan fingerprint density at radius 2 is 1.76 bits per heavy atom. The number of rotatable bonds is 7. The molecule has 1 rings (SSSR count). The maximum Gasteiger partial charge on any atom is 0.0798 e. The van der Waals surface area contributed by atoms with Gasteiger partial charge in [-0.1, -0.05) is 6.92 Å². The standard InChI is InChI=1S/C13H29N3O/c1-4-9-16(11-10-15(2)3)12-13(17)5-7-14-8-6-13/h14,17H,4-12H2,1-3H3. The predicted octanol–water partition coefficient (Wildman–Crippen LogP) is 0.375. The minimum atomic E-state index is -0.466. The molecule has 0 aromatic carbocycles. The van der Waals surface area contributed by atoms with Gasteiger partial charge in [-0.2, -0.15) is 0 Å². The molecule has 0 bridgehead atoms. The zero-order chi connectivity index (χ0) is 12.7. The number of aliphatic hydroxyl groups is 1. The topological polar surface area (TPSA) is 38.7 Å². The number of hydrogen-bond donors (Lipinski definition) is 2. The first-order valence-corrected chi connectivity index (χ1v) is 6.86. The van der Waals surface area contributed by atoms with Crippen LogP contribution in [-0.4, -0.2) is 73.9 Å². The molecule has 1 fully saturated rings. The van der Waals surface area contributed by atoms with Crippen LogP contribution >= 0.6 is 0 Å². The first-order chi connectivity index (χ1) is 8.06. The highest BCUT2D eigenvalue weighted by Gasteiger charge is 2.30. The second kappa shape index (κ2) is 7.31. The van der Waals surface area contributed by atoms with Gasteiger partial charge in [0.2, 0.25) is 0 Å². The third-order valence-electron chi connectivity index (χ3n) is 3.46. The molecular formula is C13H29N3O. The van der Waals surface area contributed by atoms with Crippen molar-refractivity contribution in [2.75, 3.05) is 53.4 Å². The summed E-state index contributed by atoms with van der Waals surface area (Å²) in [4.78, 5) is 4.61. The van der Waals surface area contributed by atoms with E-state index in [4.69, 9.17) is 0 Å². The van der Waals surface area contributed by atoms with Crippen molar-refractivity contribution in [3.63, 3.8) is 0 Å². The molecule has 1 saturated heterocycles. The van der Waals surface area contributed by atoms with Crippen LogP contribution in [0.4, 0.5) is 0 Å². The summed E-state index contributed by atoms with van der Waals surface area (Å²) in [5.74, 6) is 0. The molecule has 1 aliphatic heterocycles. The van der Waals surface area contributed by atoms with E-state index in [1.54, 1.807) is 0 Å². The van der Waals surface area contributed by atoms with E-state index < -0.39 is 5.60 Å². The van der Waals surface area contributed by atoms with Gasteiger partial charge in [-0.05, 0) is 53.0 Å². The summed E-state index contributed by atoms with van der Waals surface area (Å²) in [5, 5.41) is 13.8. The Hall–Kier alpha value is -0.160. The fraction of sp³-hybridized carbons (Fsp3) is 1.00. The van der Waals surface area contributed by atoms with E-state index >= 15 is 0 Å². The molecule has 1 aliphatic rings. The Morgan fingerprint density at radius 1 is 1.12 bits per heavy atom. The van der Waals surface area contributed by atoms with Gasteiger partial charge in [0, 0.05) is 19.6 Å². The molecule has 0 aromatic heterocycles. The van der Waals surface area contributed by atoms with Gasteiger partial charge in [0.25, 0.3) is 0 Å². The lowest BCUT2D eigenvalue weighted by Crippen LogP contribution is -2.50. The lowest BCUT2D eigenvalue weighted by molar-refractivity contribution is -0.0217. The molecule has 0 amide bonds. The minimum Gasteiger partial charge on any atom is -0.388 e. The van der Waals surface area contributed by atoms with Gasteiger partial charge >= 0.3 is 0 Å². The second-order valence-electron chi connectivity index (χ2n) is 5.55. The second-order valence-corrected chi connectivity index (χ2v) is 5.55. The summed E-state index contributed by atoms with van der Waals surface area (Å²) < 4.78 is 0. The maximum absolute atomic E-state index is 10.5. The van der Waals surface area contributed by atoms with Gasteiger partial charge < -0.3 is 15.3 Å². The maximum atomic E-state index is 10.5. The van der Waals surface area contributed by atoms with Crippen LogP contribution in [0.15, 0.2) is 0 Å².